The lowest BCUT2D eigenvalue weighted by molar-refractivity contribution is 0.394. The van der Waals surface area contributed by atoms with Crippen molar-refractivity contribution in [2.45, 2.75) is 0 Å². The van der Waals surface area contributed by atoms with Crippen molar-refractivity contribution >= 4 is 11.4 Å². The lowest BCUT2D eigenvalue weighted by Crippen LogP contribution is -2.03. The summed E-state index contributed by atoms with van der Waals surface area (Å²) in [6, 6.07) is 15.7. The topological polar surface area (TPSA) is 18.5 Å². The molecule has 5 heteroatoms. The molecule has 17 heavy (non-hydrogen) atoms. The minimum absolute atomic E-state index is 0.0865. The maximum atomic E-state index is 13.4. The highest BCUT2D eigenvalue weighted by Gasteiger charge is 2.22. The van der Waals surface area contributed by atoms with Gasteiger partial charge in [0, 0.05) is 0 Å². The van der Waals surface area contributed by atoms with Crippen LogP contribution in [0.15, 0.2) is 60.7 Å². The van der Waals surface area contributed by atoms with Crippen LogP contribution in [0.5, 0.6) is 11.5 Å². The van der Waals surface area contributed by atoms with Gasteiger partial charge in [0.2, 0.25) is 11.4 Å². The molecule has 0 unspecified atom stereocenters. The van der Waals surface area contributed by atoms with Gasteiger partial charge in [-0.2, -0.15) is 0 Å². The fraction of sp³-hybridized carbons (Fsp3) is 0. The monoisotopic (exact) mass is 256 g/mol. The van der Waals surface area contributed by atoms with Crippen LogP contribution in [-0.2, 0) is 0 Å². The van der Waals surface area contributed by atoms with Crippen LogP contribution >= 0.6 is 11.4 Å². The molecule has 0 bridgehead atoms. The lowest BCUT2D eigenvalue weighted by Gasteiger charge is -2.24. The summed E-state index contributed by atoms with van der Waals surface area (Å²) in [5, 5.41) is 0. The van der Waals surface area contributed by atoms with Crippen molar-refractivity contribution in [3.05, 3.63) is 60.7 Å². The van der Waals surface area contributed by atoms with Gasteiger partial charge < -0.3 is 8.37 Å². The van der Waals surface area contributed by atoms with E-state index in [1.165, 1.54) is 24.3 Å². The van der Waals surface area contributed by atoms with Crippen LogP contribution in [0.4, 0.5) is 7.77 Å². The van der Waals surface area contributed by atoms with Crippen molar-refractivity contribution in [2.24, 2.45) is 0 Å². The van der Waals surface area contributed by atoms with Gasteiger partial charge >= 0.3 is 0 Å². The van der Waals surface area contributed by atoms with E-state index in [1.54, 1.807) is 36.4 Å². The highest BCUT2D eigenvalue weighted by molar-refractivity contribution is 8.17. The molecular formula is C12H10F2O2S. The van der Waals surface area contributed by atoms with Crippen molar-refractivity contribution < 1.29 is 16.1 Å². The van der Waals surface area contributed by atoms with E-state index in [-0.39, 0.29) is 11.5 Å². The SMILES string of the molecule is FS(F)(Oc1ccccc1)Oc1ccccc1. The summed E-state index contributed by atoms with van der Waals surface area (Å²) in [4.78, 5) is 0. The fourth-order valence-electron chi connectivity index (χ4n) is 1.19. The number of hydrogen-bond acceptors (Lipinski definition) is 2. The average molecular weight is 256 g/mol. The van der Waals surface area contributed by atoms with Crippen molar-refractivity contribution in [3.63, 3.8) is 0 Å². The molecular weight excluding hydrogens is 246 g/mol. The molecule has 2 nitrogen and oxygen atoms in total. The quantitative estimate of drug-likeness (QED) is 0.799. The standard InChI is InChI=1S/C12H10F2O2S/c13-17(14,15-11-7-3-1-4-8-11)16-12-9-5-2-6-10-12/h1-10H. The first-order valence-corrected chi connectivity index (χ1v) is 6.16. The molecule has 0 aliphatic carbocycles. The maximum Gasteiger partial charge on any atom is 0.210 e. The fourth-order valence-corrected chi connectivity index (χ4v) is 1.90. The lowest BCUT2D eigenvalue weighted by atomic mass is 10.3. The summed E-state index contributed by atoms with van der Waals surface area (Å²) in [5.41, 5.74) is 0. The second-order valence-corrected chi connectivity index (χ2v) is 4.26. The molecule has 0 saturated heterocycles. The van der Waals surface area contributed by atoms with Crippen molar-refractivity contribution in [1.82, 2.24) is 0 Å². The Labute approximate surface area is 100 Å². The molecule has 0 radical (unpaired) electrons. The molecule has 0 aliphatic rings. The van der Waals surface area contributed by atoms with E-state index in [1.807, 2.05) is 0 Å². The Bertz CT molecular complexity index is 419. The van der Waals surface area contributed by atoms with Crippen LogP contribution in [0.25, 0.3) is 0 Å². The van der Waals surface area contributed by atoms with Gasteiger partial charge in [0.05, 0.1) is 0 Å². The Morgan fingerprint density at radius 3 is 1.35 bits per heavy atom. The van der Waals surface area contributed by atoms with Crippen LogP contribution in [0.1, 0.15) is 0 Å². The van der Waals surface area contributed by atoms with E-state index >= 15 is 0 Å². The molecule has 2 rings (SSSR count). The summed E-state index contributed by atoms with van der Waals surface area (Å²) in [7, 11) is 0. The Hall–Kier alpha value is -1.75. The van der Waals surface area contributed by atoms with Crippen molar-refractivity contribution in [1.29, 1.82) is 0 Å². The highest BCUT2D eigenvalue weighted by atomic mass is 32.3. The second kappa shape index (κ2) is 5.05. The van der Waals surface area contributed by atoms with Gasteiger partial charge in [-0.25, -0.2) is 0 Å². The summed E-state index contributed by atoms with van der Waals surface area (Å²) in [6.07, 6.45) is 0. The molecule has 0 spiro atoms. The summed E-state index contributed by atoms with van der Waals surface area (Å²) < 4.78 is 35.9. The number of rotatable bonds is 4. The van der Waals surface area contributed by atoms with Gasteiger partial charge in [0.25, 0.3) is 0 Å². The van der Waals surface area contributed by atoms with E-state index in [2.05, 4.69) is 8.37 Å². The third-order valence-electron chi connectivity index (χ3n) is 1.87. The van der Waals surface area contributed by atoms with Crippen LogP contribution in [0.3, 0.4) is 0 Å². The third-order valence-corrected chi connectivity index (χ3v) is 2.65. The summed E-state index contributed by atoms with van der Waals surface area (Å²) in [5.74, 6) is 0.173. The largest absolute Gasteiger partial charge is 0.332 e. The van der Waals surface area contributed by atoms with Crippen LogP contribution < -0.4 is 8.37 Å². The predicted molar refractivity (Wildman–Crippen MR) is 63.9 cm³/mol. The first-order valence-electron chi connectivity index (χ1n) is 4.87. The number of benzene rings is 2. The number of halogens is 2. The zero-order valence-corrected chi connectivity index (χ0v) is 9.57. The number of para-hydroxylation sites is 2. The Morgan fingerprint density at radius 1 is 0.647 bits per heavy atom. The van der Waals surface area contributed by atoms with Crippen molar-refractivity contribution in [2.75, 3.05) is 0 Å². The molecule has 90 valence electrons. The zero-order valence-electron chi connectivity index (χ0n) is 8.75. The van der Waals surface area contributed by atoms with E-state index in [0.29, 0.717) is 0 Å². The molecule has 0 aliphatic heterocycles. The molecule has 2 aromatic rings. The van der Waals surface area contributed by atoms with Crippen LogP contribution in [-0.4, -0.2) is 0 Å². The van der Waals surface area contributed by atoms with E-state index in [9.17, 15) is 7.77 Å². The molecule has 2 aromatic carbocycles. The Balaban J connectivity index is 2.04. The normalized spacial score (nSPS) is 11.9. The van der Waals surface area contributed by atoms with Gasteiger partial charge in [-0.05, 0) is 32.0 Å². The van der Waals surface area contributed by atoms with Crippen LogP contribution in [0, 0.1) is 0 Å². The second-order valence-electron chi connectivity index (χ2n) is 3.17. The summed E-state index contributed by atoms with van der Waals surface area (Å²) in [6.45, 7) is 0. The first-order chi connectivity index (χ1) is 8.16. The van der Waals surface area contributed by atoms with E-state index in [4.69, 9.17) is 0 Å². The Morgan fingerprint density at radius 2 is 1.00 bits per heavy atom. The maximum absolute atomic E-state index is 13.4. The summed E-state index contributed by atoms with van der Waals surface area (Å²) >= 11 is -4.59. The molecule has 0 fully saturated rings. The van der Waals surface area contributed by atoms with Gasteiger partial charge in [-0.3, -0.25) is 0 Å². The Kier molecular flexibility index (Phi) is 3.49. The van der Waals surface area contributed by atoms with E-state index in [0.717, 1.165) is 0 Å². The number of hydrogen-bond donors (Lipinski definition) is 0. The van der Waals surface area contributed by atoms with Gasteiger partial charge in [-0.15, -0.1) is 0 Å². The molecule has 0 amide bonds. The van der Waals surface area contributed by atoms with Gasteiger partial charge in [-0.1, -0.05) is 36.4 Å². The van der Waals surface area contributed by atoms with E-state index < -0.39 is 11.4 Å². The smallest absolute Gasteiger partial charge is 0.210 e. The third kappa shape index (κ3) is 3.64. The minimum Gasteiger partial charge on any atom is -0.332 e. The highest BCUT2D eigenvalue weighted by Crippen LogP contribution is 2.53. The van der Waals surface area contributed by atoms with Gasteiger partial charge in [0.15, 0.2) is 11.5 Å². The zero-order chi connectivity index (χ0) is 12.1. The molecule has 0 aromatic heterocycles. The molecule has 0 N–H and O–H groups in total. The molecule has 0 atom stereocenters. The minimum atomic E-state index is -4.59. The van der Waals surface area contributed by atoms with Crippen molar-refractivity contribution in [3.8, 4) is 11.5 Å². The van der Waals surface area contributed by atoms with Crippen LogP contribution in [0.2, 0.25) is 0 Å². The first kappa shape index (κ1) is 11.7. The molecule has 0 saturated carbocycles. The average Bonchev–Trinajstić information content (AvgIpc) is 2.30. The van der Waals surface area contributed by atoms with Gasteiger partial charge in [0.1, 0.15) is 0 Å². The molecule has 0 heterocycles. The predicted octanol–water partition coefficient (Wildman–Crippen LogP) is 4.55.